The molecule has 3 rings (SSSR count). The van der Waals surface area contributed by atoms with Crippen molar-refractivity contribution in [1.82, 2.24) is 19.9 Å². The van der Waals surface area contributed by atoms with E-state index in [0.717, 1.165) is 25.7 Å². The highest BCUT2D eigenvalue weighted by atomic mass is 16.5. The van der Waals surface area contributed by atoms with Gasteiger partial charge in [-0.05, 0) is 25.7 Å². The van der Waals surface area contributed by atoms with E-state index in [0.29, 0.717) is 31.3 Å². The lowest BCUT2D eigenvalue weighted by Crippen LogP contribution is -2.48. The Labute approximate surface area is 128 Å². The fraction of sp³-hybridized carbons (Fsp3) is 0.714. The number of primary amides is 1. The highest BCUT2D eigenvalue weighted by Gasteiger charge is 2.38. The first-order chi connectivity index (χ1) is 10.6. The molecule has 2 N–H and O–H groups in total. The van der Waals surface area contributed by atoms with Gasteiger partial charge >= 0.3 is 6.03 Å². The molecule has 2 aliphatic heterocycles. The second-order valence-electron chi connectivity index (χ2n) is 5.98. The maximum atomic E-state index is 12.8. The number of nitrogens with two attached hydrogens (primary N) is 1. The first-order valence-corrected chi connectivity index (χ1v) is 7.71. The van der Waals surface area contributed by atoms with Crippen molar-refractivity contribution in [1.29, 1.82) is 0 Å². The van der Waals surface area contributed by atoms with Crippen molar-refractivity contribution in [2.75, 3.05) is 19.6 Å². The van der Waals surface area contributed by atoms with Gasteiger partial charge in [-0.2, -0.15) is 4.98 Å². The molecule has 2 atom stereocenters. The van der Waals surface area contributed by atoms with E-state index in [1.54, 1.807) is 11.8 Å². The number of nitrogens with zero attached hydrogens (tertiary/aromatic N) is 4. The maximum absolute atomic E-state index is 12.8. The van der Waals surface area contributed by atoms with E-state index in [9.17, 15) is 9.59 Å². The van der Waals surface area contributed by atoms with E-state index in [2.05, 4.69) is 10.1 Å². The Bertz CT molecular complexity index is 573. The van der Waals surface area contributed by atoms with Gasteiger partial charge in [-0.3, -0.25) is 4.79 Å². The van der Waals surface area contributed by atoms with E-state index >= 15 is 0 Å². The molecule has 0 aromatic carbocycles. The van der Waals surface area contributed by atoms with E-state index in [1.807, 2.05) is 4.90 Å². The Balaban J connectivity index is 1.72. The third-order valence-corrected chi connectivity index (χ3v) is 4.46. The van der Waals surface area contributed by atoms with Crippen LogP contribution in [0.15, 0.2) is 4.52 Å². The maximum Gasteiger partial charge on any atom is 0.314 e. The average Bonchev–Trinajstić information content (AvgIpc) is 3.15. The molecule has 1 aromatic rings. The van der Waals surface area contributed by atoms with Gasteiger partial charge in [0.1, 0.15) is 0 Å². The Morgan fingerprint density at radius 3 is 2.73 bits per heavy atom. The number of rotatable bonds is 2. The van der Waals surface area contributed by atoms with Gasteiger partial charge in [0.05, 0.1) is 12.0 Å². The average molecular weight is 307 g/mol. The van der Waals surface area contributed by atoms with Gasteiger partial charge in [0.2, 0.25) is 11.8 Å². The molecule has 0 bridgehead atoms. The Hall–Kier alpha value is -2.12. The smallest absolute Gasteiger partial charge is 0.314 e. The largest absolute Gasteiger partial charge is 0.351 e. The van der Waals surface area contributed by atoms with Crippen LogP contribution in [0.3, 0.4) is 0 Å². The zero-order valence-corrected chi connectivity index (χ0v) is 12.7. The number of likely N-dealkylation sites (tertiary alicyclic amines) is 2. The predicted molar refractivity (Wildman–Crippen MR) is 76.6 cm³/mol. The minimum atomic E-state index is -0.454. The van der Waals surface area contributed by atoms with Crippen LogP contribution in [-0.2, 0) is 4.79 Å². The first-order valence-electron chi connectivity index (χ1n) is 7.71. The van der Waals surface area contributed by atoms with Crippen molar-refractivity contribution in [2.45, 2.75) is 38.6 Å². The van der Waals surface area contributed by atoms with Crippen LogP contribution >= 0.6 is 0 Å². The highest BCUT2D eigenvalue weighted by molar-refractivity contribution is 5.81. The molecule has 0 unspecified atom stereocenters. The number of piperidine rings is 1. The lowest BCUT2D eigenvalue weighted by atomic mass is 9.96. The number of aryl methyl sites for hydroxylation is 1. The van der Waals surface area contributed by atoms with Gasteiger partial charge in [0.15, 0.2) is 5.82 Å². The number of hydrogen-bond acceptors (Lipinski definition) is 5. The zero-order chi connectivity index (χ0) is 15.7. The molecule has 8 nitrogen and oxygen atoms in total. The molecule has 0 aliphatic carbocycles. The molecule has 0 saturated carbocycles. The first kappa shape index (κ1) is 14.8. The summed E-state index contributed by atoms with van der Waals surface area (Å²) in [5.41, 5.74) is 5.33. The van der Waals surface area contributed by atoms with Crippen LogP contribution in [0.5, 0.6) is 0 Å². The van der Waals surface area contributed by atoms with Gasteiger partial charge in [0, 0.05) is 26.6 Å². The molecule has 0 radical (unpaired) electrons. The molecular formula is C14H21N5O3. The van der Waals surface area contributed by atoms with Crippen molar-refractivity contribution in [2.24, 2.45) is 11.7 Å². The van der Waals surface area contributed by atoms with E-state index < -0.39 is 6.03 Å². The van der Waals surface area contributed by atoms with Crippen LogP contribution in [0.2, 0.25) is 0 Å². The summed E-state index contributed by atoms with van der Waals surface area (Å²) in [6.07, 6.45) is 3.36. The topological polar surface area (TPSA) is 106 Å². The molecule has 2 saturated heterocycles. The van der Waals surface area contributed by atoms with Gasteiger partial charge in [0.25, 0.3) is 0 Å². The van der Waals surface area contributed by atoms with Crippen LogP contribution in [0.25, 0.3) is 0 Å². The summed E-state index contributed by atoms with van der Waals surface area (Å²) in [4.78, 5) is 31.8. The summed E-state index contributed by atoms with van der Waals surface area (Å²) in [5.74, 6) is 0.962. The van der Waals surface area contributed by atoms with Crippen molar-refractivity contribution < 1.29 is 14.1 Å². The SMILES string of the molecule is Cc1nc([C@@H]2CCCN2C(=O)[C@H]2CCCN(C(N)=O)C2)no1. The third-order valence-electron chi connectivity index (χ3n) is 4.46. The van der Waals surface area contributed by atoms with Crippen LogP contribution in [0.1, 0.15) is 43.4 Å². The standard InChI is InChI=1S/C14H21N5O3/c1-9-16-12(17-22-9)11-5-3-7-19(11)13(20)10-4-2-6-18(8-10)14(15)21/h10-11H,2-8H2,1H3,(H2,15,21)/t10-,11-/m0/s1. The zero-order valence-electron chi connectivity index (χ0n) is 12.7. The lowest BCUT2D eigenvalue weighted by molar-refractivity contribution is -0.138. The molecule has 3 heterocycles. The fourth-order valence-corrected chi connectivity index (χ4v) is 3.36. The van der Waals surface area contributed by atoms with Crippen molar-refractivity contribution in [3.63, 3.8) is 0 Å². The summed E-state index contributed by atoms with van der Waals surface area (Å²) in [6, 6.07) is -0.571. The molecular weight excluding hydrogens is 286 g/mol. The predicted octanol–water partition coefficient (Wildman–Crippen LogP) is 0.832. The minimum Gasteiger partial charge on any atom is -0.351 e. The number of carbonyl (C=O) groups excluding carboxylic acids is 2. The summed E-state index contributed by atoms with van der Waals surface area (Å²) in [6.45, 7) is 3.48. The molecule has 8 heteroatoms. The van der Waals surface area contributed by atoms with Gasteiger partial charge in [-0.25, -0.2) is 4.79 Å². The number of aromatic nitrogens is 2. The van der Waals surface area contributed by atoms with Crippen molar-refractivity contribution >= 4 is 11.9 Å². The van der Waals surface area contributed by atoms with Crippen LogP contribution < -0.4 is 5.73 Å². The second-order valence-corrected chi connectivity index (χ2v) is 5.98. The van der Waals surface area contributed by atoms with Crippen LogP contribution in [0.4, 0.5) is 4.79 Å². The molecule has 0 spiro atoms. The molecule has 120 valence electrons. The molecule has 3 amide bonds. The molecule has 2 aliphatic rings. The fourth-order valence-electron chi connectivity index (χ4n) is 3.36. The summed E-state index contributed by atoms with van der Waals surface area (Å²) in [5, 5.41) is 3.95. The van der Waals surface area contributed by atoms with Crippen LogP contribution in [0, 0.1) is 12.8 Å². The monoisotopic (exact) mass is 307 g/mol. The van der Waals surface area contributed by atoms with E-state index in [-0.39, 0.29) is 17.9 Å². The van der Waals surface area contributed by atoms with E-state index in [1.165, 1.54) is 0 Å². The Morgan fingerprint density at radius 1 is 1.27 bits per heavy atom. The minimum absolute atomic E-state index is 0.0657. The number of carbonyl (C=O) groups is 2. The second kappa shape index (κ2) is 5.94. The lowest BCUT2D eigenvalue weighted by Gasteiger charge is -2.34. The summed E-state index contributed by atoms with van der Waals surface area (Å²) in [7, 11) is 0. The van der Waals surface area contributed by atoms with Crippen molar-refractivity contribution in [3.05, 3.63) is 11.7 Å². The number of amides is 3. The molecule has 2 fully saturated rings. The van der Waals surface area contributed by atoms with Gasteiger partial charge < -0.3 is 20.1 Å². The third kappa shape index (κ3) is 2.77. The summed E-state index contributed by atoms with van der Waals surface area (Å²) >= 11 is 0. The van der Waals surface area contributed by atoms with Gasteiger partial charge in [-0.15, -0.1) is 0 Å². The van der Waals surface area contributed by atoms with Crippen molar-refractivity contribution in [3.8, 4) is 0 Å². The quantitative estimate of drug-likeness (QED) is 0.871. The Kier molecular flexibility index (Phi) is 4.00. The normalized spacial score (nSPS) is 25.5. The Morgan fingerprint density at radius 2 is 2.05 bits per heavy atom. The molecule has 1 aromatic heterocycles. The van der Waals surface area contributed by atoms with Gasteiger partial charge in [-0.1, -0.05) is 5.16 Å². The van der Waals surface area contributed by atoms with E-state index in [4.69, 9.17) is 10.3 Å². The number of urea groups is 1. The van der Waals surface area contributed by atoms with Crippen LogP contribution in [-0.4, -0.2) is 51.5 Å². The summed E-state index contributed by atoms with van der Waals surface area (Å²) < 4.78 is 5.03. The highest BCUT2D eigenvalue weighted by Crippen LogP contribution is 2.32. The molecule has 22 heavy (non-hydrogen) atoms. The number of hydrogen-bond donors (Lipinski definition) is 1.